The van der Waals surface area contributed by atoms with Crippen molar-refractivity contribution >= 4 is 41.2 Å². The lowest BCUT2D eigenvalue weighted by Crippen LogP contribution is -2.61. The Labute approximate surface area is 139 Å². The number of nitrogens with zero attached hydrogens (tertiary/aromatic N) is 2. The summed E-state index contributed by atoms with van der Waals surface area (Å²) in [7, 11) is 3.42. The van der Waals surface area contributed by atoms with Crippen LogP contribution in [0.5, 0.6) is 0 Å². The first-order valence-electron chi connectivity index (χ1n) is 7.82. The third-order valence-corrected chi connectivity index (χ3v) is 7.77. The molecule has 0 spiro atoms. The zero-order chi connectivity index (χ0) is 15.9. The van der Waals surface area contributed by atoms with E-state index in [-0.39, 0.29) is 28.2 Å². The molecular weight excluding hydrogens is 320 g/mol. The van der Waals surface area contributed by atoms with Crippen LogP contribution in [0.25, 0.3) is 0 Å². The minimum atomic E-state index is -0.936. The van der Waals surface area contributed by atoms with Crippen LogP contribution >= 0.6 is 23.5 Å². The third kappa shape index (κ3) is 2.37. The average molecular weight is 342 g/mol. The molecule has 2 saturated heterocycles. The highest BCUT2D eigenvalue weighted by molar-refractivity contribution is 8.08. The molecule has 0 radical (unpaired) electrons. The Morgan fingerprint density at radius 2 is 1.55 bits per heavy atom. The van der Waals surface area contributed by atoms with Crippen molar-refractivity contribution in [2.45, 2.75) is 48.1 Å². The summed E-state index contributed by atoms with van der Waals surface area (Å²) in [5.41, 5.74) is -0.936. The average Bonchev–Trinajstić information content (AvgIpc) is 2.79. The van der Waals surface area contributed by atoms with Crippen molar-refractivity contribution in [3.63, 3.8) is 0 Å². The fourth-order valence-electron chi connectivity index (χ4n) is 3.80. The van der Waals surface area contributed by atoms with Crippen molar-refractivity contribution < 1.29 is 14.4 Å². The minimum absolute atomic E-state index is 0.0949. The van der Waals surface area contributed by atoms with Crippen molar-refractivity contribution in [2.24, 2.45) is 0 Å². The second-order valence-electron chi connectivity index (χ2n) is 6.39. The van der Waals surface area contributed by atoms with Gasteiger partial charge in [0.2, 0.25) is 17.7 Å². The summed E-state index contributed by atoms with van der Waals surface area (Å²) in [6.45, 7) is 0. The second-order valence-corrected chi connectivity index (χ2v) is 8.89. The smallest absolute Gasteiger partial charge is 0.248 e. The summed E-state index contributed by atoms with van der Waals surface area (Å²) < 4.78 is 0. The van der Waals surface area contributed by atoms with Crippen LogP contribution in [0.2, 0.25) is 0 Å². The Morgan fingerprint density at radius 3 is 2.00 bits per heavy atom. The van der Waals surface area contributed by atoms with Crippen LogP contribution in [-0.2, 0) is 14.4 Å². The fourth-order valence-corrected chi connectivity index (χ4v) is 6.62. The minimum Gasteiger partial charge on any atom is -0.347 e. The summed E-state index contributed by atoms with van der Waals surface area (Å²) in [6.07, 6.45) is 4.07. The molecule has 7 heteroatoms. The highest BCUT2D eigenvalue weighted by Crippen LogP contribution is 2.45. The van der Waals surface area contributed by atoms with Gasteiger partial charge < -0.3 is 4.90 Å². The number of carbonyl (C=O) groups is 3. The highest BCUT2D eigenvalue weighted by atomic mass is 32.2. The van der Waals surface area contributed by atoms with Crippen molar-refractivity contribution in [1.29, 1.82) is 0 Å². The second kappa shape index (κ2) is 6.07. The summed E-state index contributed by atoms with van der Waals surface area (Å²) >= 11 is 3.15. The molecule has 0 aromatic heterocycles. The van der Waals surface area contributed by atoms with E-state index in [0.717, 1.165) is 30.8 Å². The van der Waals surface area contributed by atoms with Crippen molar-refractivity contribution in [1.82, 2.24) is 9.80 Å². The van der Waals surface area contributed by atoms with E-state index in [1.807, 2.05) is 0 Å². The van der Waals surface area contributed by atoms with Crippen LogP contribution < -0.4 is 0 Å². The number of amides is 3. The molecule has 0 N–H and O–H groups in total. The van der Waals surface area contributed by atoms with Gasteiger partial charge in [0, 0.05) is 25.6 Å². The summed E-state index contributed by atoms with van der Waals surface area (Å²) in [5.74, 6) is 1.43. The lowest BCUT2D eigenvalue weighted by molar-refractivity contribution is -0.159. The lowest BCUT2D eigenvalue weighted by Gasteiger charge is -2.43. The highest BCUT2D eigenvalue weighted by Gasteiger charge is 2.59. The molecule has 0 aromatic rings. The van der Waals surface area contributed by atoms with Gasteiger partial charge in [-0.15, -0.1) is 23.5 Å². The monoisotopic (exact) mass is 342 g/mol. The molecule has 1 saturated carbocycles. The van der Waals surface area contributed by atoms with E-state index in [1.165, 1.54) is 9.80 Å². The van der Waals surface area contributed by atoms with Gasteiger partial charge in [0.15, 0.2) is 0 Å². The molecule has 3 aliphatic rings. The SMILES string of the molecule is CN(C)C(=O)C1(N2C(=O)C3SCCSC3C2=O)CCCCC1. The number of fused-ring (bicyclic) bond motifs is 1. The molecule has 5 nitrogen and oxygen atoms in total. The van der Waals surface area contributed by atoms with Crippen LogP contribution in [0.4, 0.5) is 0 Å². The number of thioether (sulfide) groups is 2. The van der Waals surface area contributed by atoms with Crippen LogP contribution in [-0.4, -0.2) is 69.2 Å². The van der Waals surface area contributed by atoms with E-state index in [4.69, 9.17) is 0 Å². The molecule has 2 aliphatic heterocycles. The van der Waals surface area contributed by atoms with Gasteiger partial charge in [-0.3, -0.25) is 19.3 Å². The van der Waals surface area contributed by atoms with Crippen LogP contribution in [0.1, 0.15) is 32.1 Å². The molecule has 1 aliphatic carbocycles. The Hall–Kier alpha value is -0.690. The number of likely N-dealkylation sites (N-methyl/N-ethyl adjacent to an activating group) is 1. The number of rotatable bonds is 2. The van der Waals surface area contributed by atoms with E-state index in [0.29, 0.717) is 12.8 Å². The van der Waals surface area contributed by atoms with Crippen molar-refractivity contribution in [2.75, 3.05) is 25.6 Å². The van der Waals surface area contributed by atoms with Gasteiger partial charge in [0.25, 0.3) is 0 Å². The van der Waals surface area contributed by atoms with Crippen LogP contribution in [0.3, 0.4) is 0 Å². The summed E-state index contributed by atoms with van der Waals surface area (Å²) in [5, 5.41) is -0.583. The topological polar surface area (TPSA) is 57.7 Å². The molecule has 3 amide bonds. The quantitative estimate of drug-likeness (QED) is 0.709. The number of likely N-dealkylation sites (tertiary alicyclic amines) is 1. The van der Waals surface area contributed by atoms with Crippen LogP contribution in [0.15, 0.2) is 0 Å². The maximum atomic E-state index is 12.9. The standard InChI is InChI=1S/C15H22N2O3S2/c1-16(2)14(20)15(6-4-3-5-7-15)17-12(18)10-11(13(17)19)22-9-8-21-10/h10-11H,3-9H2,1-2H3. The Morgan fingerprint density at radius 1 is 1.05 bits per heavy atom. The van der Waals surface area contributed by atoms with Gasteiger partial charge in [0.1, 0.15) is 16.0 Å². The first-order valence-corrected chi connectivity index (χ1v) is 9.92. The van der Waals surface area contributed by atoms with Crippen molar-refractivity contribution in [3.05, 3.63) is 0 Å². The fraction of sp³-hybridized carbons (Fsp3) is 0.800. The Kier molecular flexibility index (Phi) is 4.47. The largest absolute Gasteiger partial charge is 0.347 e. The van der Waals surface area contributed by atoms with Gasteiger partial charge in [0.05, 0.1) is 0 Å². The first kappa shape index (κ1) is 16.2. The maximum Gasteiger partial charge on any atom is 0.248 e. The summed E-state index contributed by atoms with van der Waals surface area (Å²) in [6, 6.07) is 0. The lowest BCUT2D eigenvalue weighted by atomic mass is 9.79. The van der Waals surface area contributed by atoms with Crippen LogP contribution in [0, 0.1) is 0 Å². The van der Waals surface area contributed by atoms with E-state index >= 15 is 0 Å². The molecule has 2 unspecified atom stereocenters. The van der Waals surface area contributed by atoms with Gasteiger partial charge in [-0.25, -0.2) is 0 Å². The van der Waals surface area contributed by atoms with Gasteiger partial charge in [-0.2, -0.15) is 0 Å². The van der Waals surface area contributed by atoms with E-state index < -0.39 is 5.54 Å². The maximum absolute atomic E-state index is 12.9. The van der Waals surface area contributed by atoms with E-state index in [9.17, 15) is 14.4 Å². The molecule has 122 valence electrons. The Bertz CT molecular complexity index is 479. The molecule has 22 heavy (non-hydrogen) atoms. The number of hydrogen-bond acceptors (Lipinski definition) is 5. The zero-order valence-electron chi connectivity index (χ0n) is 13.0. The Balaban J connectivity index is 1.99. The van der Waals surface area contributed by atoms with E-state index in [1.54, 1.807) is 37.6 Å². The normalized spacial score (nSPS) is 31.1. The number of hydrogen-bond donors (Lipinski definition) is 0. The van der Waals surface area contributed by atoms with Gasteiger partial charge in [-0.05, 0) is 12.8 Å². The van der Waals surface area contributed by atoms with Gasteiger partial charge in [-0.1, -0.05) is 19.3 Å². The molecule has 0 bridgehead atoms. The first-order chi connectivity index (χ1) is 10.5. The molecule has 3 rings (SSSR count). The molecule has 2 heterocycles. The number of carbonyl (C=O) groups excluding carboxylic acids is 3. The molecular formula is C15H22N2O3S2. The third-order valence-electron chi connectivity index (χ3n) is 4.79. The predicted molar refractivity (Wildman–Crippen MR) is 88.9 cm³/mol. The number of imide groups is 1. The predicted octanol–water partition coefficient (Wildman–Crippen LogP) is 1.36. The molecule has 3 fully saturated rings. The van der Waals surface area contributed by atoms with Gasteiger partial charge >= 0.3 is 0 Å². The zero-order valence-corrected chi connectivity index (χ0v) is 14.7. The molecule has 0 aromatic carbocycles. The summed E-state index contributed by atoms with van der Waals surface area (Å²) in [4.78, 5) is 41.5. The van der Waals surface area contributed by atoms with E-state index in [2.05, 4.69) is 0 Å². The molecule has 2 atom stereocenters. The van der Waals surface area contributed by atoms with Crippen molar-refractivity contribution in [3.8, 4) is 0 Å².